The maximum atomic E-state index is 11.5. The van der Waals surface area contributed by atoms with Crippen LogP contribution in [0.3, 0.4) is 0 Å². The van der Waals surface area contributed by atoms with E-state index in [0.717, 1.165) is 6.54 Å². The molecule has 0 aliphatic rings. The summed E-state index contributed by atoms with van der Waals surface area (Å²) in [6.07, 6.45) is 1.69. The number of furan rings is 1. The first kappa shape index (κ1) is 15.2. The predicted octanol–water partition coefficient (Wildman–Crippen LogP) is 0.514. The lowest BCUT2D eigenvalue weighted by Gasteiger charge is -2.13. The minimum absolute atomic E-state index is 0.0792. The lowest BCUT2D eigenvalue weighted by Crippen LogP contribution is -2.39. The summed E-state index contributed by atoms with van der Waals surface area (Å²) in [6, 6.07) is 3.46. The summed E-state index contributed by atoms with van der Waals surface area (Å²) in [5, 5.41) is 8.62. The molecule has 3 N–H and O–H groups in total. The second-order valence-corrected chi connectivity index (χ2v) is 4.25. The topological polar surface area (TPSA) is 83.4 Å². The van der Waals surface area contributed by atoms with Gasteiger partial charge in [-0.15, -0.1) is 0 Å². The summed E-state index contributed by atoms with van der Waals surface area (Å²) in [6.45, 7) is 5.76. The van der Waals surface area contributed by atoms with Crippen molar-refractivity contribution in [2.24, 2.45) is 0 Å². The first-order valence-corrected chi connectivity index (χ1v) is 6.45. The summed E-state index contributed by atoms with van der Waals surface area (Å²) in [5.74, 6) is -0.135. The Morgan fingerprint density at radius 2 is 2.16 bits per heavy atom. The lowest BCUT2D eigenvalue weighted by molar-refractivity contribution is -0.121. The molecule has 1 atom stereocenters. The van der Waals surface area contributed by atoms with Crippen molar-refractivity contribution in [2.75, 3.05) is 19.6 Å². The van der Waals surface area contributed by atoms with Crippen molar-refractivity contribution in [3.63, 3.8) is 0 Å². The van der Waals surface area contributed by atoms with Gasteiger partial charge in [-0.3, -0.25) is 9.59 Å². The molecular formula is C13H21N3O3. The molecule has 1 heterocycles. The third-order valence-corrected chi connectivity index (χ3v) is 2.54. The third-order valence-electron chi connectivity index (χ3n) is 2.54. The Kier molecular flexibility index (Phi) is 6.67. The average molecular weight is 267 g/mol. The van der Waals surface area contributed by atoms with Crippen LogP contribution in [0, 0.1) is 0 Å². The number of carbonyl (C=O) groups is 2. The molecule has 0 aliphatic carbocycles. The highest BCUT2D eigenvalue weighted by atomic mass is 16.3. The van der Waals surface area contributed by atoms with Crippen LogP contribution >= 0.6 is 0 Å². The zero-order valence-corrected chi connectivity index (χ0v) is 11.4. The van der Waals surface area contributed by atoms with Gasteiger partial charge in [0.05, 0.1) is 6.26 Å². The van der Waals surface area contributed by atoms with Crippen LogP contribution in [0.2, 0.25) is 0 Å². The van der Waals surface area contributed by atoms with Crippen molar-refractivity contribution >= 4 is 11.8 Å². The molecular weight excluding hydrogens is 246 g/mol. The largest absolute Gasteiger partial charge is 0.459 e. The van der Waals surface area contributed by atoms with Crippen LogP contribution in [-0.2, 0) is 4.79 Å². The van der Waals surface area contributed by atoms with Crippen LogP contribution in [0.4, 0.5) is 0 Å². The monoisotopic (exact) mass is 267 g/mol. The molecule has 6 nitrogen and oxygen atoms in total. The van der Waals surface area contributed by atoms with E-state index < -0.39 is 0 Å². The van der Waals surface area contributed by atoms with Gasteiger partial charge < -0.3 is 20.4 Å². The number of likely N-dealkylation sites (N-methyl/N-ethyl adjacent to an activating group) is 1. The van der Waals surface area contributed by atoms with E-state index in [0.29, 0.717) is 13.1 Å². The molecule has 0 bridgehead atoms. The standard InChI is InChI=1S/C13H21N3O3/c1-3-14-10(2)9-16-12(17)6-7-15-13(18)11-5-4-8-19-11/h4-5,8,10,14H,3,6-7,9H2,1-2H3,(H,15,18)(H,16,17)/t10-/m1/s1. The first-order valence-electron chi connectivity index (χ1n) is 6.45. The fraction of sp³-hybridized carbons (Fsp3) is 0.538. The quantitative estimate of drug-likeness (QED) is 0.641. The molecule has 1 rings (SSSR count). The van der Waals surface area contributed by atoms with E-state index in [1.54, 1.807) is 12.1 Å². The molecule has 1 aromatic rings. The van der Waals surface area contributed by atoms with Crippen molar-refractivity contribution in [2.45, 2.75) is 26.3 Å². The van der Waals surface area contributed by atoms with Gasteiger partial charge in [0.25, 0.3) is 5.91 Å². The highest BCUT2D eigenvalue weighted by Gasteiger charge is 2.09. The molecule has 0 saturated heterocycles. The lowest BCUT2D eigenvalue weighted by atomic mass is 10.3. The van der Waals surface area contributed by atoms with Gasteiger partial charge in [-0.05, 0) is 25.6 Å². The molecule has 0 unspecified atom stereocenters. The molecule has 0 radical (unpaired) electrons. The zero-order valence-electron chi connectivity index (χ0n) is 11.4. The first-order chi connectivity index (χ1) is 9.13. The van der Waals surface area contributed by atoms with Crippen LogP contribution in [0.25, 0.3) is 0 Å². The fourth-order valence-electron chi connectivity index (χ4n) is 1.56. The molecule has 106 valence electrons. The molecule has 0 spiro atoms. The number of rotatable bonds is 8. The molecule has 6 heteroatoms. The van der Waals surface area contributed by atoms with E-state index in [-0.39, 0.29) is 30.0 Å². The number of carbonyl (C=O) groups excluding carboxylic acids is 2. The van der Waals surface area contributed by atoms with Gasteiger partial charge in [-0.1, -0.05) is 6.92 Å². The highest BCUT2D eigenvalue weighted by molar-refractivity contribution is 5.91. The summed E-state index contributed by atoms with van der Waals surface area (Å²) in [5.41, 5.74) is 0. The third kappa shape index (κ3) is 6.05. The van der Waals surface area contributed by atoms with Gasteiger partial charge >= 0.3 is 0 Å². The minimum Gasteiger partial charge on any atom is -0.459 e. The maximum absolute atomic E-state index is 11.5. The van der Waals surface area contributed by atoms with Gasteiger partial charge in [0, 0.05) is 25.6 Å². The average Bonchev–Trinajstić information content (AvgIpc) is 2.90. The summed E-state index contributed by atoms with van der Waals surface area (Å²) in [4.78, 5) is 23.0. The molecule has 0 aliphatic heterocycles. The number of nitrogens with one attached hydrogen (secondary N) is 3. The minimum atomic E-state index is -0.307. The Balaban J connectivity index is 2.12. The highest BCUT2D eigenvalue weighted by Crippen LogP contribution is 1.98. The van der Waals surface area contributed by atoms with Gasteiger partial charge in [0.1, 0.15) is 0 Å². The van der Waals surface area contributed by atoms with Gasteiger partial charge in [0.2, 0.25) is 5.91 Å². The Bertz CT molecular complexity index is 390. The molecule has 19 heavy (non-hydrogen) atoms. The van der Waals surface area contributed by atoms with E-state index in [9.17, 15) is 9.59 Å². The Morgan fingerprint density at radius 3 is 2.79 bits per heavy atom. The van der Waals surface area contributed by atoms with Crippen molar-refractivity contribution in [3.8, 4) is 0 Å². The van der Waals surface area contributed by atoms with Crippen LogP contribution in [0.5, 0.6) is 0 Å². The van der Waals surface area contributed by atoms with E-state index in [1.165, 1.54) is 6.26 Å². The summed E-state index contributed by atoms with van der Waals surface area (Å²) >= 11 is 0. The van der Waals surface area contributed by atoms with Gasteiger partial charge in [0.15, 0.2) is 5.76 Å². The Hall–Kier alpha value is -1.82. The number of hydrogen-bond acceptors (Lipinski definition) is 4. The molecule has 0 aromatic carbocycles. The smallest absolute Gasteiger partial charge is 0.286 e. The SMILES string of the molecule is CCN[C@H](C)CNC(=O)CCNC(=O)c1ccco1. The van der Waals surface area contributed by atoms with Crippen molar-refractivity contribution in [3.05, 3.63) is 24.2 Å². The van der Waals surface area contributed by atoms with Crippen LogP contribution in [0.15, 0.2) is 22.8 Å². The predicted molar refractivity (Wildman–Crippen MR) is 71.8 cm³/mol. The molecule has 0 fully saturated rings. The maximum Gasteiger partial charge on any atom is 0.286 e. The van der Waals surface area contributed by atoms with E-state index in [1.807, 2.05) is 13.8 Å². The fourth-order valence-corrected chi connectivity index (χ4v) is 1.56. The van der Waals surface area contributed by atoms with Crippen molar-refractivity contribution in [1.82, 2.24) is 16.0 Å². The summed E-state index contributed by atoms with van der Waals surface area (Å²) in [7, 11) is 0. The molecule has 1 aromatic heterocycles. The number of hydrogen-bond donors (Lipinski definition) is 3. The normalized spacial score (nSPS) is 11.9. The van der Waals surface area contributed by atoms with E-state index >= 15 is 0 Å². The Morgan fingerprint density at radius 1 is 1.37 bits per heavy atom. The number of amides is 2. The van der Waals surface area contributed by atoms with Crippen LogP contribution in [-0.4, -0.2) is 37.5 Å². The molecule has 2 amide bonds. The van der Waals surface area contributed by atoms with Crippen molar-refractivity contribution < 1.29 is 14.0 Å². The van der Waals surface area contributed by atoms with Gasteiger partial charge in [-0.2, -0.15) is 0 Å². The van der Waals surface area contributed by atoms with Crippen LogP contribution < -0.4 is 16.0 Å². The van der Waals surface area contributed by atoms with Crippen LogP contribution in [0.1, 0.15) is 30.8 Å². The Labute approximate surface area is 112 Å². The molecule has 0 saturated carbocycles. The van der Waals surface area contributed by atoms with E-state index in [4.69, 9.17) is 4.42 Å². The van der Waals surface area contributed by atoms with E-state index in [2.05, 4.69) is 16.0 Å². The second-order valence-electron chi connectivity index (χ2n) is 4.25. The van der Waals surface area contributed by atoms with Gasteiger partial charge in [-0.25, -0.2) is 0 Å². The summed E-state index contributed by atoms with van der Waals surface area (Å²) < 4.78 is 4.94. The second kappa shape index (κ2) is 8.31. The van der Waals surface area contributed by atoms with Crippen molar-refractivity contribution in [1.29, 1.82) is 0 Å². The zero-order chi connectivity index (χ0) is 14.1.